The average molecular weight is 286 g/mol. The van der Waals surface area contributed by atoms with Crippen LogP contribution in [-0.2, 0) is 6.54 Å². The van der Waals surface area contributed by atoms with Crippen molar-refractivity contribution in [2.45, 2.75) is 6.54 Å². The van der Waals surface area contributed by atoms with E-state index in [0.717, 1.165) is 17.0 Å². The SMILES string of the molecule is O=[N+]([O-])c1cc(F)ccc1NCc1cc2ccccc2o1. The van der Waals surface area contributed by atoms with Gasteiger partial charge in [-0.1, -0.05) is 18.2 Å². The molecule has 0 saturated carbocycles. The number of halogens is 1. The topological polar surface area (TPSA) is 68.3 Å². The molecule has 0 aliphatic carbocycles. The van der Waals surface area contributed by atoms with Crippen LogP contribution in [0.3, 0.4) is 0 Å². The number of nitro benzene ring substituents is 1. The van der Waals surface area contributed by atoms with Crippen molar-refractivity contribution in [1.82, 2.24) is 0 Å². The Morgan fingerprint density at radius 1 is 1.19 bits per heavy atom. The number of hydrogen-bond donors (Lipinski definition) is 1. The number of nitro groups is 1. The van der Waals surface area contributed by atoms with Crippen molar-refractivity contribution >= 4 is 22.3 Å². The van der Waals surface area contributed by atoms with Gasteiger partial charge in [-0.15, -0.1) is 0 Å². The highest BCUT2D eigenvalue weighted by atomic mass is 19.1. The van der Waals surface area contributed by atoms with Crippen LogP contribution in [0.25, 0.3) is 11.0 Å². The highest BCUT2D eigenvalue weighted by Gasteiger charge is 2.15. The molecule has 0 aliphatic heterocycles. The van der Waals surface area contributed by atoms with Crippen LogP contribution >= 0.6 is 0 Å². The lowest BCUT2D eigenvalue weighted by Gasteiger charge is -2.05. The molecule has 3 rings (SSSR count). The second-order valence-electron chi connectivity index (χ2n) is 4.52. The lowest BCUT2D eigenvalue weighted by molar-refractivity contribution is -0.384. The first kappa shape index (κ1) is 13.1. The number of para-hydroxylation sites is 1. The van der Waals surface area contributed by atoms with Gasteiger partial charge in [-0.05, 0) is 24.3 Å². The highest BCUT2D eigenvalue weighted by molar-refractivity contribution is 5.77. The number of nitrogens with one attached hydrogen (secondary N) is 1. The first-order valence-electron chi connectivity index (χ1n) is 6.29. The fourth-order valence-electron chi connectivity index (χ4n) is 2.11. The van der Waals surface area contributed by atoms with Crippen LogP contribution in [0.15, 0.2) is 52.9 Å². The third-order valence-corrected chi connectivity index (χ3v) is 3.09. The van der Waals surface area contributed by atoms with Gasteiger partial charge < -0.3 is 9.73 Å². The molecule has 0 bridgehead atoms. The van der Waals surface area contributed by atoms with Gasteiger partial charge in [0.1, 0.15) is 22.8 Å². The van der Waals surface area contributed by atoms with Crippen molar-refractivity contribution in [3.63, 3.8) is 0 Å². The Bertz CT molecular complexity index is 781. The maximum absolute atomic E-state index is 13.1. The van der Waals surface area contributed by atoms with Gasteiger partial charge in [0, 0.05) is 5.39 Å². The Hall–Kier alpha value is -2.89. The van der Waals surface area contributed by atoms with Gasteiger partial charge in [-0.2, -0.15) is 0 Å². The summed E-state index contributed by atoms with van der Waals surface area (Å²) in [4.78, 5) is 10.3. The molecular formula is C15H11FN2O3. The molecule has 0 spiro atoms. The summed E-state index contributed by atoms with van der Waals surface area (Å²) in [6.45, 7) is 0.279. The quantitative estimate of drug-likeness (QED) is 0.579. The van der Waals surface area contributed by atoms with E-state index in [2.05, 4.69) is 5.32 Å². The Kier molecular flexibility index (Phi) is 3.27. The van der Waals surface area contributed by atoms with Gasteiger partial charge in [0.25, 0.3) is 5.69 Å². The number of rotatable bonds is 4. The zero-order valence-electron chi connectivity index (χ0n) is 10.9. The van der Waals surface area contributed by atoms with Crippen molar-refractivity contribution in [2.75, 3.05) is 5.32 Å². The second-order valence-corrected chi connectivity index (χ2v) is 4.52. The van der Waals surface area contributed by atoms with Crippen LogP contribution in [0.4, 0.5) is 15.8 Å². The predicted molar refractivity (Wildman–Crippen MR) is 76.6 cm³/mol. The number of fused-ring (bicyclic) bond motifs is 1. The highest BCUT2D eigenvalue weighted by Crippen LogP contribution is 2.26. The van der Waals surface area contributed by atoms with E-state index in [1.165, 1.54) is 12.1 Å². The van der Waals surface area contributed by atoms with Gasteiger partial charge in [0.15, 0.2) is 0 Å². The molecule has 2 aromatic carbocycles. The number of nitrogens with zero attached hydrogens (tertiary/aromatic N) is 1. The van der Waals surface area contributed by atoms with Crippen LogP contribution in [0.1, 0.15) is 5.76 Å². The molecule has 21 heavy (non-hydrogen) atoms. The monoisotopic (exact) mass is 286 g/mol. The lowest BCUT2D eigenvalue weighted by Crippen LogP contribution is -2.02. The summed E-state index contributed by atoms with van der Waals surface area (Å²) in [6, 6.07) is 12.8. The number of furan rings is 1. The van der Waals surface area contributed by atoms with Crippen molar-refractivity contribution in [1.29, 1.82) is 0 Å². The maximum atomic E-state index is 13.1. The molecule has 0 radical (unpaired) electrons. The number of anilines is 1. The van der Waals surface area contributed by atoms with E-state index < -0.39 is 10.7 Å². The summed E-state index contributed by atoms with van der Waals surface area (Å²) in [7, 11) is 0. The molecule has 5 nitrogen and oxygen atoms in total. The molecule has 6 heteroatoms. The Morgan fingerprint density at radius 2 is 2.00 bits per heavy atom. The van der Waals surface area contributed by atoms with Crippen molar-refractivity contribution < 1.29 is 13.7 Å². The number of benzene rings is 2. The van der Waals surface area contributed by atoms with Crippen molar-refractivity contribution in [2.24, 2.45) is 0 Å². The fraction of sp³-hybridized carbons (Fsp3) is 0.0667. The van der Waals surface area contributed by atoms with E-state index in [9.17, 15) is 14.5 Å². The first-order valence-corrected chi connectivity index (χ1v) is 6.29. The summed E-state index contributed by atoms with van der Waals surface area (Å²) in [6.07, 6.45) is 0. The summed E-state index contributed by atoms with van der Waals surface area (Å²) < 4.78 is 18.7. The van der Waals surface area contributed by atoms with E-state index in [4.69, 9.17) is 4.42 Å². The zero-order chi connectivity index (χ0) is 14.8. The Balaban J connectivity index is 1.83. The molecule has 106 valence electrons. The zero-order valence-corrected chi connectivity index (χ0v) is 10.9. The van der Waals surface area contributed by atoms with Crippen molar-refractivity contribution in [3.8, 4) is 0 Å². The summed E-state index contributed by atoms with van der Waals surface area (Å²) in [5.74, 6) is 0.00538. The largest absolute Gasteiger partial charge is 0.459 e. The molecule has 0 fully saturated rings. The minimum atomic E-state index is -0.643. The second kappa shape index (κ2) is 5.24. The van der Waals surface area contributed by atoms with E-state index in [1.807, 2.05) is 30.3 Å². The van der Waals surface area contributed by atoms with Crippen LogP contribution in [-0.4, -0.2) is 4.92 Å². The summed E-state index contributed by atoms with van der Waals surface area (Å²) in [5, 5.41) is 14.8. The van der Waals surface area contributed by atoms with Crippen LogP contribution in [0.2, 0.25) is 0 Å². The van der Waals surface area contributed by atoms with Crippen LogP contribution in [0, 0.1) is 15.9 Å². The summed E-state index contributed by atoms with van der Waals surface area (Å²) in [5.41, 5.74) is 0.705. The van der Waals surface area contributed by atoms with Gasteiger partial charge in [-0.25, -0.2) is 4.39 Å². The molecule has 1 aromatic heterocycles. The third kappa shape index (κ3) is 2.69. The van der Waals surface area contributed by atoms with Gasteiger partial charge >= 0.3 is 0 Å². The molecule has 0 saturated heterocycles. The minimum Gasteiger partial charge on any atom is -0.459 e. The van der Waals surface area contributed by atoms with Gasteiger partial charge in [0.2, 0.25) is 0 Å². The molecular weight excluding hydrogens is 275 g/mol. The van der Waals surface area contributed by atoms with E-state index >= 15 is 0 Å². The third-order valence-electron chi connectivity index (χ3n) is 3.09. The predicted octanol–water partition coefficient (Wildman–Crippen LogP) is 4.09. The average Bonchev–Trinajstić information content (AvgIpc) is 2.88. The maximum Gasteiger partial charge on any atom is 0.295 e. The molecule has 0 atom stereocenters. The smallest absolute Gasteiger partial charge is 0.295 e. The fourth-order valence-corrected chi connectivity index (χ4v) is 2.11. The first-order chi connectivity index (χ1) is 10.1. The molecule has 0 unspecified atom stereocenters. The Labute approximate surface area is 119 Å². The molecule has 1 heterocycles. The van der Waals surface area contributed by atoms with Crippen molar-refractivity contribution in [3.05, 3.63) is 70.2 Å². The summed E-state index contributed by atoms with van der Waals surface area (Å²) >= 11 is 0. The van der Waals surface area contributed by atoms with E-state index in [-0.39, 0.29) is 17.9 Å². The molecule has 1 N–H and O–H groups in total. The number of hydrogen-bond acceptors (Lipinski definition) is 4. The van der Waals surface area contributed by atoms with E-state index in [1.54, 1.807) is 0 Å². The standard InChI is InChI=1S/C15H11FN2O3/c16-11-5-6-13(14(8-11)18(19)20)17-9-12-7-10-3-1-2-4-15(10)21-12/h1-8,17H,9H2. The van der Waals surface area contributed by atoms with Gasteiger partial charge in [0.05, 0.1) is 17.5 Å². The molecule has 0 aliphatic rings. The van der Waals surface area contributed by atoms with Crippen LogP contribution < -0.4 is 5.32 Å². The molecule has 0 amide bonds. The molecule has 3 aromatic rings. The van der Waals surface area contributed by atoms with E-state index in [0.29, 0.717) is 5.76 Å². The lowest BCUT2D eigenvalue weighted by atomic mass is 10.2. The minimum absolute atomic E-state index is 0.252. The van der Waals surface area contributed by atoms with Gasteiger partial charge in [-0.3, -0.25) is 10.1 Å². The Morgan fingerprint density at radius 3 is 2.76 bits per heavy atom. The normalized spacial score (nSPS) is 10.7. The van der Waals surface area contributed by atoms with Crippen LogP contribution in [0.5, 0.6) is 0 Å².